The Labute approximate surface area is 167 Å². The maximum atomic E-state index is 12.9. The number of halogens is 4. The van der Waals surface area contributed by atoms with Gasteiger partial charge in [0.25, 0.3) is 0 Å². The van der Waals surface area contributed by atoms with Gasteiger partial charge in [0.05, 0.1) is 22.1 Å². The summed E-state index contributed by atoms with van der Waals surface area (Å²) < 4.78 is 66.0. The van der Waals surface area contributed by atoms with E-state index in [4.69, 9.17) is 5.26 Å². The van der Waals surface area contributed by atoms with Crippen LogP contribution in [0.3, 0.4) is 0 Å². The van der Waals surface area contributed by atoms with Crippen LogP contribution in [0.1, 0.15) is 28.3 Å². The van der Waals surface area contributed by atoms with Crippen LogP contribution in [0.25, 0.3) is 0 Å². The van der Waals surface area contributed by atoms with Crippen molar-refractivity contribution in [2.45, 2.75) is 23.5 Å². The van der Waals surface area contributed by atoms with E-state index in [1.54, 1.807) is 0 Å². The average Bonchev–Trinajstić information content (AvgIpc) is 2.65. The Morgan fingerprint density at radius 3 is 2.61 bits per heavy atom. The first-order valence-electron chi connectivity index (χ1n) is 8.14. The van der Waals surface area contributed by atoms with E-state index in [2.05, 4.69) is 10.0 Å². The van der Waals surface area contributed by atoms with Crippen LogP contribution in [0.4, 0.5) is 13.2 Å². The fourth-order valence-electron chi connectivity index (χ4n) is 3.08. The van der Waals surface area contributed by atoms with Gasteiger partial charge in [-0.2, -0.15) is 18.4 Å². The zero-order valence-electron chi connectivity index (χ0n) is 14.5. The predicted octanol–water partition coefficient (Wildman–Crippen LogP) is 3.16. The molecule has 0 amide bonds. The molecule has 0 bridgehead atoms. The third kappa shape index (κ3) is 4.64. The average molecular weight is 432 g/mol. The predicted molar refractivity (Wildman–Crippen MR) is 99.5 cm³/mol. The van der Waals surface area contributed by atoms with Gasteiger partial charge in [-0.1, -0.05) is 24.3 Å². The molecule has 2 aromatic rings. The number of fused-ring (bicyclic) bond motifs is 1. The molecule has 0 radical (unpaired) electrons. The third-order valence-corrected chi connectivity index (χ3v) is 5.84. The second-order valence-corrected chi connectivity index (χ2v) is 7.89. The molecule has 0 aliphatic carbocycles. The van der Waals surface area contributed by atoms with Crippen LogP contribution in [-0.4, -0.2) is 21.5 Å². The molecule has 1 heterocycles. The highest BCUT2D eigenvalue weighted by Gasteiger charge is 2.34. The maximum absolute atomic E-state index is 12.9. The third-order valence-electron chi connectivity index (χ3n) is 4.42. The molecule has 1 unspecified atom stereocenters. The highest BCUT2D eigenvalue weighted by Crippen LogP contribution is 2.33. The minimum atomic E-state index is -4.73. The van der Waals surface area contributed by atoms with E-state index in [-0.39, 0.29) is 29.9 Å². The molecule has 1 atom stereocenters. The van der Waals surface area contributed by atoms with Crippen LogP contribution >= 0.6 is 12.4 Å². The van der Waals surface area contributed by atoms with E-state index in [9.17, 15) is 21.6 Å². The Morgan fingerprint density at radius 2 is 1.93 bits per heavy atom. The van der Waals surface area contributed by atoms with Gasteiger partial charge in [0.1, 0.15) is 0 Å². The Balaban J connectivity index is 0.00000280. The molecule has 1 aliphatic rings. The summed E-state index contributed by atoms with van der Waals surface area (Å²) in [5, 5.41) is 12.2. The number of alkyl halides is 3. The normalized spacial score (nSPS) is 16.6. The van der Waals surface area contributed by atoms with Crippen molar-refractivity contribution in [1.82, 2.24) is 10.0 Å². The lowest BCUT2D eigenvalue weighted by Crippen LogP contribution is -2.38. The minimum Gasteiger partial charge on any atom is -0.308 e. The maximum Gasteiger partial charge on any atom is 0.417 e. The topological polar surface area (TPSA) is 82.0 Å². The van der Waals surface area contributed by atoms with Gasteiger partial charge in [0.2, 0.25) is 10.0 Å². The summed E-state index contributed by atoms with van der Waals surface area (Å²) in [6.07, 6.45) is -3.89. The summed E-state index contributed by atoms with van der Waals surface area (Å²) in [6, 6.07) is 11.0. The summed E-state index contributed by atoms with van der Waals surface area (Å²) in [7, 11) is -4.07. The first-order valence-corrected chi connectivity index (χ1v) is 9.63. The number of hydrogen-bond donors (Lipinski definition) is 2. The Bertz CT molecular complexity index is 1000. The van der Waals surface area contributed by atoms with Crippen LogP contribution in [0.15, 0.2) is 47.4 Å². The molecule has 10 heteroatoms. The summed E-state index contributed by atoms with van der Waals surface area (Å²) in [4.78, 5) is -0.379. The van der Waals surface area contributed by atoms with E-state index < -0.39 is 27.3 Å². The lowest BCUT2D eigenvalue weighted by Gasteiger charge is -2.27. The summed E-state index contributed by atoms with van der Waals surface area (Å²) in [6.45, 7) is 0.741. The molecule has 0 fully saturated rings. The second kappa shape index (κ2) is 8.49. The van der Waals surface area contributed by atoms with Crippen molar-refractivity contribution in [1.29, 1.82) is 5.26 Å². The monoisotopic (exact) mass is 431 g/mol. The van der Waals surface area contributed by atoms with E-state index in [1.807, 2.05) is 24.3 Å². The number of nitrogens with zero attached hydrogens (tertiary/aromatic N) is 1. The van der Waals surface area contributed by atoms with Crippen LogP contribution < -0.4 is 10.0 Å². The van der Waals surface area contributed by atoms with Crippen molar-refractivity contribution >= 4 is 22.4 Å². The van der Waals surface area contributed by atoms with E-state index in [0.29, 0.717) is 12.6 Å². The van der Waals surface area contributed by atoms with Crippen molar-refractivity contribution in [3.05, 3.63) is 64.7 Å². The van der Waals surface area contributed by atoms with Crippen LogP contribution in [0.5, 0.6) is 0 Å². The molecule has 28 heavy (non-hydrogen) atoms. The molecule has 5 nitrogen and oxygen atoms in total. The Kier molecular flexibility index (Phi) is 6.72. The molecule has 0 spiro atoms. The van der Waals surface area contributed by atoms with Crippen molar-refractivity contribution in [2.24, 2.45) is 0 Å². The van der Waals surface area contributed by atoms with Crippen molar-refractivity contribution in [3.8, 4) is 6.07 Å². The highest BCUT2D eigenvalue weighted by atomic mass is 35.5. The minimum absolute atomic E-state index is 0. The standard InChI is InChI=1S/C18H16F3N3O2S.ClH/c19-18(20,21)16-6-5-14(9-13(16)10-22)27(25,26)24-11-17-15-4-2-1-3-12(15)7-8-23-17;/h1-6,9,17,23-24H,7-8,11H2;1H. The Morgan fingerprint density at radius 1 is 1.21 bits per heavy atom. The van der Waals surface area contributed by atoms with Gasteiger partial charge in [-0.05, 0) is 42.3 Å². The zero-order valence-corrected chi connectivity index (χ0v) is 16.1. The van der Waals surface area contributed by atoms with E-state index >= 15 is 0 Å². The molecule has 2 aromatic carbocycles. The van der Waals surface area contributed by atoms with Crippen LogP contribution in [-0.2, 0) is 22.6 Å². The summed E-state index contributed by atoms with van der Waals surface area (Å²) in [5.41, 5.74) is 0.219. The van der Waals surface area contributed by atoms with Gasteiger partial charge in [0.15, 0.2) is 0 Å². The fraction of sp³-hybridized carbons (Fsp3) is 0.278. The smallest absolute Gasteiger partial charge is 0.308 e. The van der Waals surface area contributed by atoms with Crippen LogP contribution in [0.2, 0.25) is 0 Å². The number of hydrogen-bond acceptors (Lipinski definition) is 4. The van der Waals surface area contributed by atoms with Gasteiger partial charge in [-0.3, -0.25) is 0 Å². The molecule has 1 aliphatic heterocycles. The number of sulfonamides is 1. The number of benzene rings is 2. The van der Waals surface area contributed by atoms with Crippen molar-refractivity contribution in [2.75, 3.05) is 13.1 Å². The lowest BCUT2D eigenvalue weighted by molar-refractivity contribution is -0.137. The molecular weight excluding hydrogens is 415 g/mol. The second-order valence-electron chi connectivity index (χ2n) is 6.12. The first kappa shape index (κ1) is 22.2. The molecule has 3 rings (SSSR count). The molecule has 150 valence electrons. The van der Waals surface area contributed by atoms with Crippen molar-refractivity contribution < 1.29 is 21.6 Å². The van der Waals surface area contributed by atoms with Gasteiger partial charge < -0.3 is 5.32 Å². The quantitative estimate of drug-likeness (QED) is 0.779. The van der Waals surface area contributed by atoms with E-state index in [1.165, 1.54) is 6.07 Å². The largest absolute Gasteiger partial charge is 0.417 e. The molecule has 2 N–H and O–H groups in total. The summed E-state index contributed by atoms with van der Waals surface area (Å²) >= 11 is 0. The number of rotatable bonds is 4. The SMILES string of the molecule is Cl.N#Cc1cc(S(=O)(=O)NCC2NCCc3ccccc32)ccc1C(F)(F)F. The van der Waals surface area contributed by atoms with E-state index in [0.717, 1.165) is 29.7 Å². The molecule has 0 saturated heterocycles. The summed E-state index contributed by atoms with van der Waals surface area (Å²) in [5.74, 6) is 0. The number of nitriles is 1. The number of nitrogens with one attached hydrogen (secondary N) is 2. The lowest BCUT2D eigenvalue weighted by atomic mass is 9.95. The Hall–Kier alpha value is -2.12. The van der Waals surface area contributed by atoms with Gasteiger partial charge in [-0.15, -0.1) is 12.4 Å². The zero-order chi connectivity index (χ0) is 19.7. The van der Waals surface area contributed by atoms with Gasteiger partial charge in [0, 0.05) is 12.6 Å². The first-order chi connectivity index (χ1) is 12.7. The van der Waals surface area contributed by atoms with Gasteiger partial charge in [-0.25, -0.2) is 13.1 Å². The molecular formula is C18H17ClF3N3O2S. The molecule has 0 aromatic heterocycles. The van der Waals surface area contributed by atoms with Crippen molar-refractivity contribution in [3.63, 3.8) is 0 Å². The molecule has 0 saturated carbocycles. The van der Waals surface area contributed by atoms with Gasteiger partial charge >= 0.3 is 6.18 Å². The van der Waals surface area contributed by atoms with Crippen LogP contribution in [0, 0.1) is 11.3 Å². The highest BCUT2D eigenvalue weighted by molar-refractivity contribution is 7.89. The fourth-order valence-corrected chi connectivity index (χ4v) is 4.15.